The van der Waals surface area contributed by atoms with Crippen LogP contribution in [0, 0.1) is 19.7 Å². The van der Waals surface area contributed by atoms with Gasteiger partial charge in [-0.05, 0) is 62.4 Å². The van der Waals surface area contributed by atoms with Crippen molar-refractivity contribution in [2.45, 2.75) is 20.0 Å². The normalized spacial score (nSPS) is 11.8. The highest BCUT2D eigenvalue weighted by Crippen LogP contribution is 2.34. The number of hydrogen-bond acceptors (Lipinski definition) is 3. The van der Waals surface area contributed by atoms with E-state index < -0.39 is 17.6 Å². The lowest BCUT2D eigenvalue weighted by atomic mass is 10.1. The van der Waals surface area contributed by atoms with E-state index in [-0.39, 0.29) is 5.69 Å². The number of alkyl halides is 3. The quantitative estimate of drug-likeness (QED) is 0.435. The number of anilines is 2. The van der Waals surface area contributed by atoms with E-state index in [1.165, 1.54) is 18.2 Å². The molecule has 0 aliphatic rings. The maximum atomic E-state index is 13.4. The lowest BCUT2D eigenvalue weighted by Gasteiger charge is -2.13. The zero-order valence-electron chi connectivity index (χ0n) is 15.5. The van der Waals surface area contributed by atoms with Crippen molar-refractivity contribution in [2.24, 2.45) is 0 Å². The molecule has 148 valence electrons. The molecule has 0 fully saturated rings. The molecular formula is C21H16F4N4. The molecule has 0 atom stereocenters. The predicted octanol–water partition coefficient (Wildman–Crippen LogP) is 5.91. The summed E-state index contributed by atoms with van der Waals surface area (Å²) in [6.07, 6.45) is -4.45. The van der Waals surface area contributed by atoms with E-state index in [9.17, 15) is 17.6 Å². The SMILES string of the molecule is Cc1cc(C)n2c(Nc3cccc(C(F)(F)F)c3)c(-c3ccc(F)cc3)nc2n1. The van der Waals surface area contributed by atoms with Crippen LogP contribution in [0.15, 0.2) is 54.6 Å². The average molecular weight is 400 g/mol. The lowest BCUT2D eigenvalue weighted by molar-refractivity contribution is -0.137. The minimum atomic E-state index is -4.45. The van der Waals surface area contributed by atoms with Crippen LogP contribution in [-0.2, 0) is 6.18 Å². The van der Waals surface area contributed by atoms with Gasteiger partial charge in [0.25, 0.3) is 0 Å². The van der Waals surface area contributed by atoms with Gasteiger partial charge >= 0.3 is 6.18 Å². The minimum Gasteiger partial charge on any atom is -0.339 e. The second-order valence-electron chi connectivity index (χ2n) is 6.69. The minimum absolute atomic E-state index is 0.255. The van der Waals surface area contributed by atoms with Crippen molar-refractivity contribution in [3.8, 4) is 11.3 Å². The van der Waals surface area contributed by atoms with E-state index in [2.05, 4.69) is 15.3 Å². The summed E-state index contributed by atoms with van der Waals surface area (Å²) in [6, 6.07) is 12.5. The molecule has 1 N–H and O–H groups in total. The molecule has 4 aromatic rings. The summed E-state index contributed by atoms with van der Waals surface area (Å²) in [5, 5.41) is 3.05. The Balaban J connectivity index is 1.90. The number of aryl methyl sites for hydroxylation is 2. The maximum absolute atomic E-state index is 13.4. The molecule has 29 heavy (non-hydrogen) atoms. The fourth-order valence-corrected chi connectivity index (χ4v) is 3.21. The first-order chi connectivity index (χ1) is 13.7. The van der Waals surface area contributed by atoms with Gasteiger partial charge in [-0.2, -0.15) is 13.2 Å². The first-order valence-corrected chi connectivity index (χ1v) is 8.79. The highest BCUT2D eigenvalue weighted by molar-refractivity contribution is 5.79. The molecule has 0 saturated heterocycles. The Morgan fingerprint density at radius 3 is 2.34 bits per heavy atom. The van der Waals surface area contributed by atoms with Gasteiger partial charge in [-0.3, -0.25) is 4.40 Å². The van der Waals surface area contributed by atoms with Crippen LogP contribution < -0.4 is 5.32 Å². The molecule has 0 unspecified atom stereocenters. The monoisotopic (exact) mass is 400 g/mol. The highest BCUT2D eigenvalue weighted by atomic mass is 19.4. The molecule has 4 rings (SSSR count). The van der Waals surface area contributed by atoms with E-state index in [1.54, 1.807) is 22.6 Å². The van der Waals surface area contributed by atoms with Gasteiger partial charge in [0.15, 0.2) is 0 Å². The standard InChI is InChI=1S/C21H16F4N4/c1-12-10-13(2)29-19(27-17-5-3-4-15(11-17)21(23,24)25)18(28-20(29)26-12)14-6-8-16(22)9-7-14/h3-11,27H,1-2H3. The first-order valence-electron chi connectivity index (χ1n) is 8.79. The smallest absolute Gasteiger partial charge is 0.339 e. The van der Waals surface area contributed by atoms with Crippen molar-refractivity contribution < 1.29 is 17.6 Å². The zero-order valence-corrected chi connectivity index (χ0v) is 15.5. The summed E-state index contributed by atoms with van der Waals surface area (Å²) in [7, 11) is 0. The van der Waals surface area contributed by atoms with Gasteiger partial charge in [0.2, 0.25) is 5.78 Å². The summed E-state index contributed by atoms with van der Waals surface area (Å²) >= 11 is 0. The van der Waals surface area contributed by atoms with Crippen LogP contribution in [0.3, 0.4) is 0 Å². The molecule has 4 nitrogen and oxygen atoms in total. The molecule has 0 spiro atoms. The molecule has 0 radical (unpaired) electrons. The van der Waals surface area contributed by atoms with E-state index in [1.807, 2.05) is 19.9 Å². The van der Waals surface area contributed by atoms with Crippen molar-refractivity contribution >= 4 is 17.3 Å². The number of fused-ring (bicyclic) bond motifs is 1. The number of benzene rings is 2. The summed E-state index contributed by atoms with van der Waals surface area (Å²) in [5.74, 6) is 0.460. The molecule has 0 amide bonds. The van der Waals surface area contributed by atoms with Gasteiger partial charge in [-0.25, -0.2) is 14.4 Å². The summed E-state index contributed by atoms with van der Waals surface area (Å²) in [4.78, 5) is 8.96. The maximum Gasteiger partial charge on any atom is 0.416 e. The van der Waals surface area contributed by atoms with Crippen LogP contribution in [0.5, 0.6) is 0 Å². The van der Waals surface area contributed by atoms with Crippen LogP contribution >= 0.6 is 0 Å². The Hall–Kier alpha value is -3.42. The molecule has 0 bridgehead atoms. The van der Waals surface area contributed by atoms with Crippen LogP contribution in [-0.4, -0.2) is 14.4 Å². The highest BCUT2D eigenvalue weighted by Gasteiger charge is 2.30. The predicted molar refractivity (Wildman–Crippen MR) is 103 cm³/mol. The van der Waals surface area contributed by atoms with Gasteiger partial charge in [-0.15, -0.1) is 0 Å². The Morgan fingerprint density at radius 2 is 1.66 bits per heavy atom. The lowest BCUT2D eigenvalue weighted by Crippen LogP contribution is -2.06. The molecule has 2 aromatic carbocycles. The van der Waals surface area contributed by atoms with Crippen LogP contribution in [0.1, 0.15) is 17.0 Å². The van der Waals surface area contributed by atoms with Gasteiger partial charge in [0, 0.05) is 22.6 Å². The Morgan fingerprint density at radius 1 is 0.931 bits per heavy atom. The molecule has 0 aliphatic carbocycles. The summed E-state index contributed by atoms with van der Waals surface area (Å²) in [6.45, 7) is 3.69. The number of imidazole rings is 1. The van der Waals surface area contributed by atoms with E-state index >= 15 is 0 Å². The largest absolute Gasteiger partial charge is 0.416 e. The first kappa shape index (κ1) is 18.9. The van der Waals surface area contributed by atoms with E-state index in [4.69, 9.17) is 0 Å². The Kier molecular flexibility index (Phi) is 4.49. The van der Waals surface area contributed by atoms with Gasteiger partial charge in [0.1, 0.15) is 17.3 Å². The molecule has 2 heterocycles. The van der Waals surface area contributed by atoms with Gasteiger partial charge < -0.3 is 5.32 Å². The van der Waals surface area contributed by atoms with Crippen LogP contribution in [0.2, 0.25) is 0 Å². The number of nitrogens with zero attached hydrogens (tertiary/aromatic N) is 3. The second-order valence-corrected chi connectivity index (χ2v) is 6.69. The fourth-order valence-electron chi connectivity index (χ4n) is 3.21. The van der Waals surface area contributed by atoms with Gasteiger partial charge in [-0.1, -0.05) is 6.07 Å². The third-order valence-corrected chi connectivity index (χ3v) is 4.48. The van der Waals surface area contributed by atoms with Crippen molar-refractivity contribution in [1.29, 1.82) is 0 Å². The molecular weight excluding hydrogens is 384 g/mol. The van der Waals surface area contributed by atoms with Crippen LogP contribution in [0.4, 0.5) is 29.1 Å². The second kappa shape index (κ2) is 6.88. The van der Waals surface area contributed by atoms with E-state index in [0.717, 1.165) is 23.5 Å². The molecule has 2 aromatic heterocycles. The summed E-state index contributed by atoms with van der Waals surface area (Å²) in [5.41, 5.74) is 2.14. The van der Waals surface area contributed by atoms with E-state index in [0.29, 0.717) is 22.9 Å². The van der Waals surface area contributed by atoms with Crippen molar-refractivity contribution in [3.63, 3.8) is 0 Å². The number of nitrogens with one attached hydrogen (secondary N) is 1. The topological polar surface area (TPSA) is 42.2 Å². The molecule has 8 heteroatoms. The molecule has 0 saturated carbocycles. The fraction of sp³-hybridized carbons (Fsp3) is 0.143. The van der Waals surface area contributed by atoms with Crippen molar-refractivity contribution in [3.05, 3.63) is 77.4 Å². The number of halogens is 4. The van der Waals surface area contributed by atoms with Crippen molar-refractivity contribution in [2.75, 3.05) is 5.32 Å². The molecule has 0 aliphatic heterocycles. The Labute approximate surface area is 163 Å². The van der Waals surface area contributed by atoms with Gasteiger partial charge in [0.05, 0.1) is 5.56 Å². The number of aromatic nitrogens is 3. The average Bonchev–Trinajstić information content (AvgIpc) is 3.00. The van der Waals surface area contributed by atoms with Crippen LogP contribution in [0.25, 0.3) is 17.0 Å². The number of hydrogen-bond donors (Lipinski definition) is 1. The number of rotatable bonds is 3. The summed E-state index contributed by atoms with van der Waals surface area (Å²) < 4.78 is 54.4. The third kappa shape index (κ3) is 3.65. The third-order valence-electron chi connectivity index (χ3n) is 4.48. The zero-order chi connectivity index (χ0) is 20.8. The Bertz CT molecular complexity index is 1190. The van der Waals surface area contributed by atoms with Crippen molar-refractivity contribution in [1.82, 2.24) is 14.4 Å².